The monoisotopic (exact) mass is 269 g/mol. The molecule has 2 amide bonds. The molecule has 0 saturated carbocycles. The average molecular weight is 269 g/mol. The van der Waals surface area contributed by atoms with Crippen molar-refractivity contribution in [1.29, 1.82) is 0 Å². The highest BCUT2D eigenvalue weighted by molar-refractivity contribution is 5.77. The Morgan fingerprint density at radius 1 is 1.32 bits per heavy atom. The highest BCUT2D eigenvalue weighted by Crippen LogP contribution is 2.14. The average Bonchev–Trinajstić information content (AvgIpc) is 2.36. The summed E-state index contributed by atoms with van der Waals surface area (Å²) in [6.45, 7) is 7.19. The van der Waals surface area contributed by atoms with Crippen LogP contribution in [0.15, 0.2) is 0 Å². The molecule has 110 valence electrons. The molecule has 0 atom stereocenters. The fourth-order valence-corrected chi connectivity index (χ4v) is 2.19. The number of hydrogen-bond acceptors (Lipinski definition) is 3. The minimum Gasteiger partial charge on any atom is -0.353 e. The van der Waals surface area contributed by atoms with Crippen molar-refractivity contribution in [1.82, 2.24) is 10.2 Å². The quantitative estimate of drug-likeness (QED) is 0.782. The van der Waals surface area contributed by atoms with Crippen LogP contribution in [0.25, 0.3) is 0 Å². The van der Waals surface area contributed by atoms with Crippen LogP contribution in [0.4, 0.5) is 0 Å². The highest BCUT2D eigenvalue weighted by atomic mass is 16.2. The number of hydrogen-bond donors (Lipinski definition) is 2. The van der Waals surface area contributed by atoms with Crippen LogP contribution in [-0.4, -0.2) is 41.4 Å². The largest absolute Gasteiger partial charge is 0.353 e. The zero-order valence-corrected chi connectivity index (χ0v) is 12.4. The first kappa shape index (κ1) is 16.0. The van der Waals surface area contributed by atoms with E-state index in [9.17, 15) is 9.59 Å². The van der Waals surface area contributed by atoms with Crippen LogP contribution in [0, 0.1) is 0 Å². The fraction of sp³-hybridized carbons (Fsp3) is 0.857. The number of piperidine rings is 1. The van der Waals surface area contributed by atoms with E-state index in [2.05, 4.69) is 5.32 Å². The van der Waals surface area contributed by atoms with E-state index in [0.717, 1.165) is 25.9 Å². The van der Waals surface area contributed by atoms with Crippen LogP contribution in [0.3, 0.4) is 0 Å². The molecule has 1 aliphatic rings. The van der Waals surface area contributed by atoms with Gasteiger partial charge < -0.3 is 16.0 Å². The summed E-state index contributed by atoms with van der Waals surface area (Å²) in [4.78, 5) is 25.2. The van der Waals surface area contributed by atoms with E-state index < -0.39 is 0 Å². The molecule has 5 heteroatoms. The number of amides is 2. The molecule has 1 aliphatic heterocycles. The van der Waals surface area contributed by atoms with Crippen molar-refractivity contribution in [3.05, 3.63) is 0 Å². The van der Waals surface area contributed by atoms with Gasteiger partial charge in [0, 0.05) is 37.5 Å². The van der Waals surface area contributed by atoms with Crippen LogP contribution in [0.1, 0.15) is 52.9 Å². The number of likely N-dealkylation sites (tertiary alicyclic amines) is 1. The summed E-state index contributed by atoms with van der Waals surface area (Å²) in [6, 6.07) is 0.224. The summed E-state index contributed by atoms with van der Waals surface area (Å²) in [7, 11) is 0. The Hall–Kier alpha value is -1.10. The third kappa shape index (κ3) is 6.05. The lowest BCUT2D eigenvalue weighted by Gasteiger charge is -2.33. The van der Waals surface area contributed by atoms with E-state index in [-0.39, 0.29) is 23.4 Å². The molecule has 19 heavy (non-hydrogen) atoms. The number of nitrogens with two attached hydrogens (primary N) is 1. The molecule has 3 N–H and O–H groups in total. The normalized spacial score (nSPS) is 17.4. The second kappa shape index (κ2) is 6.89. The maximum atomic E-state index is 12.0. The molecule has 1 fully saturated rings. The van der Waals surface area contributed by atoms with E-state index in [1.54, 1.807) is 0 Å². The first-order chi connectivity index (χ1) is 8.81. The topological polar surface area (TPSA) is 75.4 Å². The maximum Gasteiger partial charge on any atom is 0.222 e. The summed E-state index contributed by atoms with van der Waals surface area (Å²) < 4.78 is 0. The molecule has 0 aromatic heterocycles. The van der Waals surface area contributed by atoms with Gasteiger partial charge in [0.1, 0.15) is 0 Å². The summed E-state index contributed by atoms with van der Waals surface area (Å²) in [6.07, 6.45) is 3.44. The summed E-state index contributed by atoms with van der Waals surface area (Å²) in [5.41, 5.74) is 5.60. The Balaban J connectivity index is 2.29. The van der Waals surface area contributed by atoms with Crippen molar-refractivity contribution >= 4 is 11.8 Å². The number of carbonyl (C=O) groups excluding carboxylic acids is 2. The van der Waals surface area contributed by atoms with Gasteiger partial charge in [-0.2, -0.15) is 0 Å². The molecule has 5 nitrogen and oxygen atoms in total. The van der Waals surface area contributed by atoms with Crippen LogP contribution in [0.2, 0.25) is 0 Å². The summed E-state index contributed by atoms with van der Waals surface area (Å²) in [5, 5.41) is 2.99. The number of carbonyl (C=O) groups is 2. The smallest absolute Gasteiger partial charge is 0.222 e. The van der Waals surface area contributed by atoms with E-state index in [1.165, 1.54) is 0 Å². The Morgan fingerprint density at radius 2 is 1.89 bits per heavy atom. The third-order valence-corrected chi connectivity index (χ3v) is 3.52. The van der Waals surface area contributed by atoms with E-state index >= 15 is 0 Å². The molecule has 0 aromatic carbocycles. The molecule has 1 rings (SSSR count). The van der Waals surface area contributed by atoms with Crippen molar-refractivity contribution in [2.24, 2.45) is 5.73 Å². The molecule has 1 saturated heterocycles. The molecule has 1 heterocycles. The predicted octanol–water partition coefficient (Wildman–Crippen LogP) is 1.02. The van der Waals surface area contributed by atoms with Crippen molar-refractivity contribution in [2.45, 2.75) is 64.5 Å². The summed E-state index contributed by atoms with van der Waals surface area (Å²) in [5.74, 6) is 0.272. The molecule has 0 bridgehead atoms. The predicted molar refractivity (Wildman–Crippen MR) is 75.5 cm³/mol. The Morgan fingerprint density at radius 3 is 2.37 bits per heavy atom. The lowest BCUT2D eigenvalue weighted by atomic mass is 9.98. The molecule has 0 spiro atoms. The summed E-state index contributed by atoms with van der Waals surface area (Å²) >= 11 is 0. The fourth-order valence-electron chi connectivity index (χ4n) is 2.19. The van der Waals surface area contributed by atoms with Gasteiger partial charge >= 0.3 is 0 Å². The Labute approximate surface area is 115 Å². The molecular weight excluding hydrogens is 242 g/mol. The number of nitrogens with one attached hydrogen (secondary N) is 1. The molecular formula is C14H27N3O2. The minimum absolute atomic E-state index is 0.0923. The van der Waals surface area contributed by atoms with E-state index in [1.807, 2.05) is 25.7 Å². The number of nitrogens with zero attached hydrogens (tertiary/aromatic N) is 1. The maximum absolute atomic E-state index is 12.0. The van der Waals surface area contributed by atoms with E-state index in [0.29, 0.717) is 19.3 Å². The number of rotatable bonds is 5. The Kier molecular flexibility index (Phi) is 5.79. The van der Waals surface area contributed by atoms with Gasteiger partial charge in [0.25, 0.3) is 0 Å². The molecule has 0 aromatic rings. The van der Waals surface area contributed by atoms with Gasteiger partial charge in [-0.1, -0.05) is 6.92 Å². The van der Waals surface area contributed by atoms with Gasteiger partial charge in [-0.25, -0.2) is 0 Å². The SMILES string of the molecule is CCC(=O)NC1CCN(C(=O)CCC(C)(C)N)CC1. The van der Waals surface area contributed by atoms with Gasteiger partial charge in [-0.3, -0.25) is 9.59 Å². The first-order valence-corrected chi connectivity index (χ1v) is 7.18. The van der Waals surface area contributed by atoms with Gasteiger partial charge in [-0.15, -0.1) is 0 Å². The van der Waals surface area contributed by atoms with E-state index in [4.69, 9.17) is 5.73 Å². The zero-order valence-electron chi connectivity index (χ0n) is 12.4. The van der Waals surface area contributed by atoms with Gasteiger partial charge in [-0.05, 0) is 33.1 Å². The van der Waals surface area contributed by atoms with Crippen LogP contribution in [0.5, 0.6) is 0 Å². The van der Waals surface area contributed by atoms with Gasteiger partial charge in [0.15, 0.2) is 0 Å². The van der Waals surface area contributed by atoms with Crippen molar-refractivity contribution in [3.63, 3.8) is 0 Å². The zero-order chi connectivity index (χ0) is 14.5. The second-order valence-electron chi connectivity index (χ2n) is 6.06. The minimum atomic E-state index is -0.289. The van der Waals surface area contributed by atoms with Crippen LogP contribution in [-0.2, 0) is 9.59 Å². The lowest BCUT2D eigenvalue weighted by molar-refractivity contribution is -0.132. The third-order valence-electron chi connectivity index (χ3n) is 3.52. The van der Waals surface area contributed by atoms with Crippen LogP contribution < -0.4 is 11.1 Å². The van der Waals surface area contributed by atoms with Gasteiger partial charge in [0.05, 0.1) is 0 Å². The standard InChI is InChI=1S/C14H27N3O2/c1-4-12(18)16-11-6-9-17(10-7-11)13(19)5-8-14(2,3)15/h11H,4-10,15H2,1-3H3,(H,16,18). The van der Waals surface area contributed by atoms with Gasteiger partial charge in [0.2, 0.25) is 11.8 Å². The first-order valence-electron chi connectivity index (χ1n) is 7.18. The highest BCUT2D eigenvalue weighted by Gasteiger charge is 2.24. The Bertz CT molecular complexity index is 315. The van der Waals surface area contributed by atoms with Crippen molar-refractivity contribution in [2.75, 3.05) is 13.1 Å². The van der Waals surface area contributed by atoms with Crippen LogP contribution >= 0.6 is 0 Å². The molecule has 0 aliphatic carbocycles. The molecule has 0 unspecified atom stereocenters. The second-order valence-corrected chi connectivity index (χ2v) is 6.06. The molecule has 0 radical (unpaired) electrons. The lowest BCUT2D eigenvalue weighted by Crippen LogP contribution is -2.46. The van der Waals surface area contributed by atoms with Crippen molar-refractivity contribution < 1.29 is 9.59 Å². The van der Waals surface area contributed by atoms with Crippen molar-refractivity contribution in [3.8, 4) is 0 Å².